The molecule has 0 bridgehead atoms. The molecule has 1 heterocycles. The van der Waals surface area contributed by atoms with Crippen LogP contribution < -0.4 is 10.1 Å². The number of amides is 2. The number of benzene rings is 2. The summed E-state index contributed by atoms with van der Waals surface area (Å²) in [5.74, 6) is 0.835. The van der Waals surface area contributed by atoms with Gasteiger partial charge >= 0.3 is 0 Å². The third kappa shape index (κ3) is 5.59. The van der Waals surface area contributed by atoms with Crippen molar-refractivity contribution in [2.75, 3.05) is 19.7 Å². The molecule has 1 saturated heterocycles. The van der Waals surface area contributed by atoms with Crippen molar-refractivity contribution in [1.82, 2.24) is 10.2 Å². The molecule has 1 aliphatic rings. The Morgan fingerprint density at radius 2 is 1.64 bits per heavy atom. The largest absolute Gasteiger partial charge is 0.493 e. The molecule has 2 aromatic carbocycles. The fourth-order valence-corrected chi connectivity index (χ4v) is 3.43. The van der Waals surface area contributed by atoms with E-state index in [0.717, 1.165) is 48.4 Å². The molecule has 28 heavy (non-hydrogen) atoms. The zero-order valence-electron chi connectivity index (χ0n) is 16.7. The minimum Gasteiger partial charge on any atom is -0.493 e. The monoisotopic (exact) mass is 380 g/mol. The zero-order chi connectivity index (χ0) is 19.9. The van der Waals surface area contributed by atoms with Crippen molar-refractivity contribution in [1.29, 1.82) is 0 Å². The molecular weight excluding hydrogens is 352 g/mol. The number of ether oxygens (including phenoxy) is 1. The summed E-state index contributed by atoms with van der Waals surface area (Å²) in [6, 6.07) is 13.5. The Hall–Kier alpha value is -2.82. The first-order chi connectivity index (χ1) is 13.5. The van der Waals surface area contributed by atoms with Crippen LogP contribution in [0, 0.1) is 13.8 Å². The highest BCUT2D eigenvalue weighted by Crippen LogP contribution is 2.16. The fourth-order valence-electron chi connectivity index (χ4n) is 3.43. The highest BCUT2D eigenvalue weighted by molar-refractivity contribution is 5.94. The van der Waals surface area contributed by atoms with E-state index in [1.165, 1.54) is 0 Å². The summed E-state index contributed by atoms with van der Waals surface area (Å²) in [6.07, 6.45) is 2.48. The predicted octanol–water partition coefficient (Wildman–Crippen LogP) is 3.62. The lowest BCUT2D eigenvalue weighted by atomic mass is 10.1. The van der Waals surface area contributed by atoms with Crippen LogP contribution in [0.25, 0.3) is 0 Å². The molecular formula is C23H28N2O3. The van der Waals surface area contributed by atoms with Gasteiger partial charge in [0.1, 0.15) is 5.75 Å². The average Bonchev–Trinajstić information content (AvgIpc) is 3.20. The second-order valence-electron chi connectivity index (χ2n) is 7.39. The Labute approximate surface area is 166 Å². The van der Waals surface area contributed by atoms with Gasteiger partial charge in [0.15, 0.2) is 0 Å². The normalized spacial score (nSPS) is 13.4. The van der Waals surface area contributed by atoms with Crippen molar-refractivity contribution in [2.45, 2.75) is 39.7 Å². The van der Waals surface area contributed by atoms with Crippen LogP contribution >= 0.6 is 0 Å². The Balaban J connectivity index is 1.41. The summed E-state index contributed by atoms with van der Waals surface area (Å²) in [4.78, 5) is 26.3. The highest BCUT2D eigenvalue weighted by Gasteiger charge is 2.19. The minimum atomic E-state index is -0.0541. The van der Waals surface area contributed by atoms with E-state index in [1.54, 1.807) is 0 Å². The molecule has 1 aliphatic heterocycles. The van der Waals surface area contributed by atoms with E-state index in [-0.39, 0.29) is 11.8 Å². The van der Waals surface area contributed by atoms with Gasteiger partial charge in [-0.3, -0.25) is 9.59 Å². The maximum atomic E-state index is 12.3. The minimum absolute atomic E-state index is 0.0541. The van der Waals surface area contributed by atoms with Gasteiger partial charge in [0, 0.05) is 25.2 Å². The quantitative estimate of drug-likeness (QED) is 0.798. The standard InChI is InChI=1S/C23H28N2O3/c1-17-13-18(2)15-21(14-17)28-12-9-22(26)24-16-19-5-7-20(8-6-19)23(27)25-10-3-4-11-25/h5-8,13-15H,3-4,9-12,16H2,1-2H3,(H,24,26). The second kappa shape index (κ2) is 9.40. The number of carbonyl (C=O) groups excluding carboxylic acids is 2. The van der Waals surface area contributed by atoms with Crippen molar-refractivity contribution < 1.29 is 14.3 Å². The van der Waals surface area contributed by atoms with Gasteiger partial charge in [-0.1, -0.05) is 18.2 Å². The molecule has 3 rings (SSSR count). The number of aryl methyl sites for hydroxylation is 2. The van der Waals surface area contributed by atoms with Crippen LogP contribution in [-0.4, -0.2) is 36.4 Å². The Kier molecular flexibility index (Phi) is 6.69. The van der Waals surface area contributed by atoms with Gasteiger partial charge in [-0.15, -0.1) is 0 Å². The maximum Gasteiger partial charge on any atom is 0.253 e. The lowest BCUT2D eigenvalue weighted by Gasteiger charge is -2.15. The summed E-state index contributed by atoms with van der Waals surface area (Å²) in [7, 11) is 0. The van der Waals surface area contributed by atoms with Crippen molar-refractivity contribution in [3.05, 3.63) is 64.7 Å². The number of carbonyl (C=O) groups is 2. The molecule has 0 radical (unpaired) electrons. The summed E-state index contributed by atoms with van der Waals surface area (Å²) >= 11 is 0. The lowest BCUT2D eigenvalue weighted by molar-refractivity contribution is -0.121. The van der Waals surface area contributed by atoms with Crippen molar-refractivity contribution in [3.63, 3.8) is 0 Å². The van der Waals surface area contributed by atoms with Crippen LogP contribution in [0.15, 0.2) is 42.5 Å². The van der Waals surface area contributed by atoms with E-state index in [9.17, 15) is 9.59 Å². The first-order valence-corrected chi connectivity index (χ1v) is 9.87. The number of nitrogens with zero attached hydrogens (tertiary/aromatic N) is 1. The first kappa shape index (κ1) is 19.9. The van der Waals surface area contributed by atoms with Crippen molar-refractivity contribution in [3.8, 4) is 5.75 Å². The summed E-state index contributed by atoms with van der Waals surface area (Å²) in [6.45, 7) is 6.54. The van der Waals surface area contributed by atoms with Crippen LogP contribution in [0.4, 0.5) is 0 Å². The van der Waals surface area contributed by atoms with Gasteiger partial charge in [-0.2, -0.15) is 0 Å². The van der Waals surface area contributed by atoms with Gasteiger partial charge < -0.3 is 15.0 Å². The van der Waals surface area contributed by atoms with Gasteiger partial charge in [0.2, 0.25) is 5.91 Å². The van der Waals surface area contributed by atoms with E-state index < -0.39 is 0 Å². The molecule has 5 nitrogen and oxygen atoms in total. The van der Waals surface area contributed by atoms with Crippen LogP contribution in [-0.2, 0) is 11.3 Å². The Bertz CT molecular complexity index is 804. The van der Waals surface area contributed by atoms with Gasteiger partial charge in [-0.25, -0.2) is 0 Å². The number of nitrogens with one attached hydrogen (secondary N) is 1. The van der Waals surface area contributed by atoms with Crippen LogP contribution in [0.5, 0.6) is 5.75 Å². The number of hydrogen-bond acceptors (Lipinski definition) is 3. The van der Waals surface area contributed by atoms with E-state index in [0.29, 0.717) is 25.1 Å². The molecule has 0 aromatic heterocycles. The Morgan fingerprint density at radius 1 is 1.00 bits per heavy atom. The third-order valence-corrected chi connectivity index (χ3v) is 4.88. The zero-order valence-corrected chi connectivity index (χ0v) is 16.7. The molecule has 0 aliphatic carbocycles. The molecule has 0 atom stereocenters. The number of hydrogen-bond donors (Lipinski definition) is 1. The molecule has 148 valence electrons. The van der Waals surface area contributed by atoms with Crippen molar-refractivity contribution >= 4 is 11.8 Å². The van der Waals surface area contributed by atoms with E-state index in [1.807, 2.05) is 55.1 Å². The average molecular weight is 380 g/mol. The van der Waals surface area contributed by atoms with Gasteiger partial charge in [-0.05, 0) is 67.6 Å². The predicted molar refractivity (Wildman–Crippen MR) is 109 cm³/mol. The Morgan fingerprint density at radius 3 is 2.29 bits per heavy atom. The summed E-state index contributed by atoms with van der Waals surface area (Å²) < 4.78 is 5.68. The molecule has 0 unspecified atom stereocenters. The molecule has 5 heteroatoms. The van der Waals surface area contributed by atoms with E-state index >= 15 is 0 Å². The third-order valence-electron chi connectivity index (χ3n) is 4.88. The summed E-state index contributed by atoms with van der Waals surface area (Å²) in [5, 5.41) is 2.90. The van der Waals surface area contributed by atoms with Crippen LogP contribution in [0.2, 0.25) is 0 Å². The smallest absolute Gasteiger partial charge is 0.253 e. The molecule has 1 N–H and O–H groups in total. The van der Waals surface area contributed by atoms with Crippen LogP contribution in [0.1, 0.15) is 46.3 Å². The fraction of sp³-hybridized carbons (Fsp3) is 0.391. The van der Waals surface area contributed by atoms with Gasteiger partial charge in [0.05, 0.1) is 13.0 Å². The molecule has 0 spiro atoms. The highest BCUT2D eigenvalue weighted by atomic mass is 16.5. The topological polar surface area (TPSA) is 58.6 Å². The van der Waals surface area contributed by atoms with Crippen molar-refractivity contribution in [2.24, 2.45) is 0 Å². The van der Waals surface area contributed by atoms with Gasteiger partial charge in [0.25, 0.3) is 5.91 Å². The maximum absolute atomic E-state index is 12.3. The second-order valence-corrected chi connectivity index (χ2v) is 7.39. The van der Waals surface area contributed by atoms with E-state index in [2.05, 4.69) is 11.4 Å². The molecule has 2 amide bonds. The number of rotatable bonds is 7. The molecule has 2 aromatic rings. The number of likely N-dealkylation sites (tertiary alicyclic amines) is 1. The summed E-state index contributed by atoms with van der Waals surface area (Å²) in [5.41, 5.74) is 3.97. The van der Waals surface area contributed by atoms with E-state index in [4.69, 9.17) is 4.74 Å². The molecule has 1 fully saturated rings. The molecule has 0 saturated carbocycles. The lowest BCUT2D eigenvalue weighted by Crippen LogP contribution is -2.27. The SMILES string of the molecule is Cc1cc(C)cc(OCCC(=O)NCc2ccc(C(=O)N3CCCC3)cc2)c1. The first-order valence-electron chi connectivity index (χ1n) is 9.87. The van der Waals surface area contributed by atoms with Crippen LogP contribution in [0.3, 0.4) is 0 Å².